The molecule has 0 bridgehead atoms. The Morgan fingerprint density at radius 1 is 1.35 bits per heavy atom. The van der Waals surface area contributed by atoms with Gasteiger partial charge in [-0.15, -0.1) is 0 Å². The van der Waals surface area contributed by atoms with Crippen molar-refractivity contribution in [3.05, 3.63) is 46.0 Å². The SMILES string of the molecule is CCCNc1cc(-n2cnc(C)c2C)cc([N+](=O)[O-])c1. The molecule has 1 aromatic carbocycles. The van der Waals surface area contributed by atoms with Crippen LogP contribution in [0.1, 0.15) is 24.7 Å². The van der Waals surface area contributed by atoms with Gasteiger partial charge in [-0.2, -0.15) is 0 Å². The number of nitrogens with one attached hydrogen (secondary N) is 1. The molecule has 0 fully saturated rings. The first-order chi connectivity index (χ1) is 9.52. The Balaban J connectivity index is 2.49. The van der Waals surface area contributed by atoms with Crippen LogP contribution >= 0.6 is 0 Å². The lowest BCUT2D eigenvalue weighted by Gasteiger charge is -2.10. The summed E-state index contributed by atoms with van der Waals surface area (Å²) in [7, 11) is 0. The van der Waals surface area contributed by atoms with Gasteiger partial charge in [0.05, 0.1) is 22.6 Å². The van der Waals surface area contributed by atoms with Gasteiger partial charge in [0.25, 0.3) is 5.69 Å². The zero-order valence-electron chi connectivity index (χ0n) is 11.9. The molecule has 2 aromatic rings. The first-order valence-corrected chi connectivity index (χ1v) is 6.57. The Labute approximate surface area is 117 Å². The Kier molecular flexibility index (Phi) is 4.02. The summed E-state index contributed by atoms with van der Waals surface area (Å²) in [5, 5.41) is 14.2. The molecule has 1 heterocycles. The Morgan fingerprint density at radius 2 is 2.10 bits per heavy atom. The maximum absolute atomic E-state index is 11.1. The predicted molar refractivity (Wildman–Crippen MR) is 78.5 cm³/mol. The summed E-state index contributed by atoms with van der Waals surface area (Å²) >= 11 is 0. The van der Waals surface area contributed by atoms with Crippen molar-refractivity contribution >= 4 is 11.4 Å². The van der Waals surface area contributed by atoms with Crippen molar-refractivity contribution in [2.75, 3.05) is 11.9 Å². The number of nitrogens with zero attached hydrogens (tertiary/aromatic N) is 3. The van der Waals surface area contributed by atoms with E-state index >= 15 is 0 Å². The molecule has 0 aliphatic heterocycles. The van der Waals surface area contributed by atoms with E-state index in [9.17, 15) is 10.1 Å². The Morgan fingerprint density at radius 3 is 2.65 bits per heavy atom. The van der Waals surface area contributed by atoms with Gasteiger partial charge in [0.1, 0.15) is 0 Å². The largest absolute Gasteiger partial charge is 0.385 e. The maximum Gasteiger partial charge on any atom is 0.273 e. The van der Waals surface area contributed by atoms with Gasteiger partial charge in [-0.25, -0.2) is 4.98 Å². The van der Waals surface area contributed by atoms with E-state index in [4.69, 9.17) is 0 Å². The van der Waals surface area contributed by atoms with Crippen molar-refractivity contribution < 1.29 is 4.92 Å². The van der Waals surface area contributed by atoms with Crippen LogP contribution in [-0.2, 0) is 0 Å². The molecule has 0 radical (unpaired) electrons. The van der Waals surface area contributed by atoms with Crippen LogP contribution < -0.4 is 5.32 Å². The molecule has 1 N–H and O–H groups in total. The summed E-state index contributed by atoms with van der Waals surface area (Å²) in [5.41, 5.74) is 3.47. The summed E-state index contributed by atoms with van der Waals surface area (Å²) in [6, 6.07) is 5.01. The van der Waals surface area contributed by atoms with Gasteiger partial charge in [-0.1, -0.05) is 6.92 Å². The number of hydrogen-bond donors (Lipinski definition) is 1. The number of benzene rings is 1. The van der Waals surface area contributed by atoms with Crippen molar-refractivity contribution in [2.24, 2.45) is 0 Å². The normalized spacial score (nSPS) is 10.6. The number of rotatable bonds is 5. The van der Waals surface area contributed by atoms with Gasteiger partial charge >= 0.3 is 0 Å². The lowest BCUT2D eigenvalue weighted by Crippen LogP contribution is -2.03. The smallest absolute Gasteiger partial charge is 0.273 e. The molecule has 6 nitrogen and oxygen atoms in total. The zero-order chi connectivity index (χ0) is 14.7. The van der Waals surface area contributed by atoms with Crippen molar-refractivity contribution in [2.45, 2.75) is 27.2 Å². The van der Waals surface area contributed by atoms with Gasteiger partial charge in [0, 0.05) is 30.1 Å². The van der Waals surface area contributed by atoms with Crippen LogP contribution in [0.15, 0.2) is 24.5 Å². The highest BCUT2D eigenvalue weighted by Gasteiger charge is 2.12. The number of aryl methyl sites for hydroxylation is 1. The highest BCUT2D eigenvalue weighted by Crippen LogP contribution is 2.25. The van der Waals surface area contributed by atoms with Gasteiger partial charge in [-0.05, 0) is 26.3 Å². The number of nitro benzene ring substituents is 1. The van der Waals surface area contributed by atoms with Gasteiger partial charge in [0.15, 0.2) is 0 Å². The fourth-order valence-electron chi connectivity index (χ4n) is 1.97. The minimum Gasteiger partial charge on any atom is -0.385 e. The average Bonchev–Trinajstić information content (AvgIpc) is 2.76. The molecule has 1 aromatic heterocycles. The summed E-state index contributed by atoms with van der Waals surface area (Å²) < 4.78 is 1.86. The maximum atomic E-state index is 11.1. The minimum absolute atomic E-state index is 0.0758. The van der Waals surface area contributed by atoms with Crippen molar-refractivity contribution in [3.63, 3.8) is 0 Å². The summed E-state index contributed by atoms with van der Waals surface area (Å²) in [5.74, 6) is 0. The molecule has 0 saturated carbocycles. The fraction of sp³-hybridized carbons (Fsp3) is 0.357. The second kappa shape index (κ2) is 5.73. The van der Waals surface area contributed by atoms with E-state index < -0.39 is 0 Å². The molecule has 6 heteroatoms. The molecule has 0 saturated heterocycles. The fourth-order valence-corrected chi connectivity index (χ4v) is 1.97. The lowest BCUT2D eigenvalue weighted by molar-refractivity contribution is -0.384. The topological polar surface area (TPSA) is 73.0 Å². The monoisotopic (exact) mass is 274 g/mol. The first kappa shape index (κ1) is 14.0. The summed E-state index contributed by atoms with van der Waals surface area (Å²) in [6.45, 7) is 6.69. The Hall–Kier alpha value is -2.37. The molecule has 0 amide bonds. The third-order valence-corrected chi connectivity index (χ3v) is 3.22. The second-order valence-electron chi connectivity index (χ2n) is 4.71. The van der Waals surface area contributed by atoms with Crippen LogP contribution in [0.3, 0.4) is 0 Å². The molecule has 0 spiro atoms. The molecular weight excluding hydrogens is 256 g/mol. The highest BCUT2D eigenvalue weighted by atomic mass is 16.6. The number of anilines is 1. The zero-order valence-corrected chi connectivity index (χ0v) is 11.9. The second-order valence-corrected chi connectivity index (χ2v) is 4.71. The Bertz CT molecular complexity index is 634. The van der Waals surface area contributed by atoms with E-state index in [0.717, 1.165) is 35.7 Å². The molecular formula is C14H18N4O2. The standard InChI is InChI=1S/C14H18N4O2/c1-4-5-15-12-6-13(8-14(7-12)18(19)20)17-9-16-10(2)11(17)3/h6-9,15H,4-5H2,1-3H3. The predicted octanol–water partition coefficient (Wildman–Crippen LogP) is 3.22. The lowest BCUT2D eigenvalue weighted by atomic mass is 10.2. The van der Waals surface area contributed by atoms with E-state index in [0.29, 0.717) is 0 Å². The molecule has 0 aliphatic rings. The van der Waals surface area contributed by atoms with Crippen LogP contribution in [0, 0.1) is 24.0 Å². The number of imidazole rings is 1. The van der Waals surface area contributed by atoms with Crippen LogP contribution in [-0.4, -0.2) is 21.0 Å². The molecule has 0 aliphatic carbocycles. The van der Waals surface area contributed by atoms with E-state index in [2.05, 4.69) is 17.2 Å². The number of non-ortho nitro benzene ring substituents is 1. The average molecular weight is 274 g/mol. The third-order valence-electron chi connectivity index (χ3n) is 3.22. The van der Waals surface area contributed by atoms with E-state index in [1.165, 1.54) is 0 Å². The minimum atomic E-state index is -0.375. The summed E-state index contributed by atoms with van der Waals surface area (Å²) in [6.07, 6.45) is 2.65. The molecule has 106 valence electrons. The van der Waals surface area contributed by atoms with Crippen molar-refractivity contribution in [1.82, 2.24) is 9.55 Å². The van der Waals surface area contributed by atoms with Crippen molar-refractivity contribution in [3.8, 4) is 5.69 Å². The first-order valence-electron chi connectivity index (χ1n) is 6.57. The van der Waals surface area contributed by atoms with E-state index in [1.807, 2.05) is 24.5 Å². The molecule has 2 rings (SSSR count). The quantitative estimate of drug-likeness (QED) is 0.671. The summed E-state index contributed by atoms with van der Waals surface area (Å²) in [4.78, 5) is 14.9. The number of hydrogen-bond acceptors (Lipinski definition) is 4. The number of aromatic nitrogens is 2. The highest BCUT2D eigenvalue weighted by molar-refractivity contribution is 5.59. The molecule has 0 atom stereocenters. The van der Waals surface area contributed by atoms with Crippen LogP contribution in [0.5, 0.6) is 0 Å². The van der Waals surface area contributed by atoms with Crippen LogP contribution in [0.4, 0.5) is 11.4 Å². The molecule has 0 unspecified atom stereocenters. The van der Waals surface area contributed by atoms with Gasteiger partial charge in [-0.3, -0.25) is 10.1 Å². The van der Waals surface area contributed by atoms with Crippen LogP contribution in [0.2, 0.25) is 0 Å². The van der Waals surface area contributed by atoms with Crippen LogP contribution in [0.25, 0.3) is 5.69 Å². The van der Waals surface area contributed by atoms with Gasteiger partial charge < -0.3 is 9.88 Å². The third kappa shape index (κ3) is 2.79. The van der Waals surface area contributed by atoms with Crippen molar-refractivity contribution in [1.29, 1.82) is 0 Å². The number of nitro groups is 1. The molecule has 20 heavy (non-hydrogen) atoms. The van der Waals surface area contributed by atoms with Gasteiger partial charge in [0.2, 0.25) is 0 Å². The van der Waals surface area contributed by atoms with E-state index in [-0.39, 0.29) is 10.6 Å². The van der Waals surface area contributed by atoms with E-state index in [1.54, 1.807) is 18.5 Å².